The molecule has 1 aliphatic carbocycles. The first-order chi connectivity index (χ1) is 7.16. The highest BCUT2D eigenvalue weighted by Gasteiger charge is 2.36. The molecule has 0 radical (unpaired) electrons. The van der Waals surface area contributed by atoms with Crippen LogP contribution in [-0.2, 0) is 0 Å². The molecule has 2 heteroatoms. The first-order valence-electron chi connectivity index (χ1n) is 6.58. The highest BCUT2D eigenvalue weighted by molar-refractivity contribution is 4.89. The molecule has 15 heavy (non-hydrogen) atoms. The Bertz CT molecular complexity index is 179. The van der Waals surface area contributed by atoms with Crippen molar-refractivity contribution in [2.45, 2.75) is 64.4 Å². The Balaban J connectivity index is 2.60. The molecule has 0 aliphatic heterocycles. The van der Waals surface area contributed by atoms with Gasteiger partial charge in [0.1, 0.15) is 0 Å². The summed E-state index contributed by atoms with van der Waals surface area (Å²) in [5, 5.41) is 10.6. The lowest BCUT2D eigenvalue weighted by atomic mass is 9.79. The van der Waals surface area contributed by atoms with Gasteiger partial charge in [0, 0.05) is 0 Å². The van der Waals surface area contributed by atoms with E-state index < -0.39 is 5.60 Å². The minimum absolute atomic E-state index is 0.299. The predicted octanol–water partition coefficient (Wildman–Crippen LogP) is 2.69. The highest BCUT2D eigenvalue weighted by Crippen LogP contribution is 2.37. The first kappa shape index (κ1) is 13.0. The van der Waals surface area contributed by atoms with E-state index in [1.807, 2.05) is 0 Å². The molecule has 1 aliphatic rings. The summed E-state index contributed by atoms with van der Waals surface area (Å²) in [6.07, 6.45) is 7.83. The summed E-state index contributed by atoms with van der Waals surface area (Å²) in [4.78, 5) is 0. The van der Waals surface area contributed by atoms with Crippen molar-refractivity contribution in [2.24, 2.45) is 17.6 Å². The van der Waals surface area contributed by atoms with Crippen LogP contribution in [0.15, 0.2) is 0 Å². The van der Waals surface area contributed by atoms with Crippen LogP contribution >= 0.6 is 0 Å². The zero-order chi connectivity index (χ0) is 11.3. The van der Waals surface area contributed by atoms with E-state index in [-0.39, 0.29) is 0 Å². The van der Waals surface area contributed by atoms with E-state index in [2.05, 4.69) is 13.8 Å². The molecule has 0 aromatic rings. The molecule has 0 saturated heterocycles. The van der Waals surface area contributed by atoms with Gasteiger partial charge in [-0.05, 0) is 44.1 Å². The van der Waals surface area contributed by atoms with Crippen LogP contribution in [-0.4, -0.2) is 17.3 Å². The summed E-state index contributed by atoms with van der Waals surface area (Å²) in [5.74, 6) is 1.13. The second kappa shape index (κ2) is 5.86. The molecule has 1 rings (SSSR count). The molecule has 2 nitrogen and oxygen atoms in total. The van der Waals surface area contributed by atoms with Crippen LogP contribution in [0.5, 0.6) is 0 Å². The van der Waals surface area contributed by atoms with Crippen molar-refractivity contribution in [2.75, 3.05) is 6.54 Å². The maximum absolute atomic E-state index is 10.6. The van der Waals surface area contributed by atoms with Gasteiger partial charge in [-0.15, -0.1) is 0 Å². The van der Waals surface area contributed by atoms with Crippen LogP contribution in [0.3, 0.4) is 0 Å². The molecule has 1 saturated carbocycles. The molecule has 1 fully saturated rings. The van der Waals surface area contributed by atoms with E-state index in [0.29, 0.717) is 12.5 Å². The van der Waals surface area contributed by atoms with Crippen LogP contribution in [0.4, 0.5) is 0 Å². The maximum Gasteiger partial charge on any atom is 0.0687 e. The number of rotatable bonds is 4. The smallest absolute Gasteiger partial charge is 0.0687 e. The molecule has 3 unspecified atom stereocenters. The van der Waals surface area contributed by atoms with Gasteiger partial charge in [0.2, 0.25) is 0 Å². The second-order valence-corrected chi connectivity index (χ2v) is 5.15. The molecule has 0 amide bonds. The van der Waals surface area contributed by atoms with E-state index in [0.717, 1.165) is 25.2 Å². The van der Waals surface area contributed by atoms with Crippen molar-refractivity contribution in [1.29, 1.82) is 0 Å². The Kier molecular flexibility index (Phi) is 5.07. The molecule has 0 bridgehead atoms. The molecule has 0 aromatic heterocycles. The number of nitrogens with two attached hydrogens (primary N) is 1. The number of aliphatic hydroxyl groups is 1. The average molecular weight is 213 g/mol. The van der Waals surface area contributed by atoms with Gasteiger partial charge in [0.25, 0.3) is 0 Å². The lowest BCUT2D eigenvalue weighted by Gasteiger charge is -2.34. The van der Waals surface area contributed by atoms with Crippen LogP contribution in [0.25, 0.3) is 0 Å². The first-order valence-corrected chi connectivity index (χ1v) is 6.58. The maximum atomic E-state index is 10.6. The third-order valence-electron chi connectivity index (χ3n) is 4.32. The van der Waals surface area contributed by atoms with Crippen molar-refractivity contribution in [3.8, 4) is 0 Å². The lowest BCUT2D eigenvalue weighted by Crippen LogP contribution is -2.41. The van der Waals surface area contributed by atoms with Crippen molar-refractivity contribution in [3.63, 3.8) is 0 Å². The van der Waals surface area contributed by atoms with Crippen LogP contribution in [0, 0.1) is 11.8 Å². The average Bonchev–Trinajstić information content (AvgIpc) is 2.42. The molecule has 0 heterocycles. The molecular formula is C13H27NO. The Morgan fingerprint density at radius 1 is 1.33 bits per heavy atom. The number of hydrogen-bond donors (Lipinski definition) is 2. The van der Waals surface area contributed by atoms with Crippen LogP contribution in [0.2, 0.25) is 0 Å². The Labute approximate surface area is 94.2 Å². The summed E-state index contributed by atoms with van der Waals surface area (Å²) in [7, 11) is 0. The minimum Gasteiger partial charge on any atom is -0.390 e. The summed E-state index contributed by atoms with van der Waals surface area (Å²) in [5.41, 5.74) is 5.29. The van der Waals surface area contributed by atoms with Gasteiger partial charge >= 0.3 is 0 Å². The molecule has 0 spiro atoms. The monoisotopic (exact) mass is 213 g/mol. The zero-order valence-electron chi connectivity index (χ0n) is 10.3. The summed E-state index contributed by atoms with van der Waals surface area (Å²) in [6, 6.07) is 0. The predicted molar refractivity (Wildman–Crippen MR) is 64.7 cm³/mol. The van der Waals surface area contributed by atoms with Gasteiger partial charge in [-0.3, -0.25) is 0 Å². The van der Waals surface area contributed by atoms with Crippen molar-refractivity contribution in [3.05, 3.63) is 0 Å². The Morgan fingerprint density at radius 3 is 2.60 bits per heavy atom. The fourth-order valence-corrected chi connectivity index (χ4v) is 3.00. The quantitative estimate of drug-likeness (QED) is 0.705. The van der Waals surface area contributed by atoms with Crippen molar-refractivity contribution >= 4 is 0 Å². The fraction of sp³-hybridized carbons (Fsp3) is 1.00. The van der Waals surface area contributed by atoms with E-state index in [1.165, 1.54) is 25.7 Å². The van der Waals surface area contributed by atoms with Crippen LogP contribution in [0.1, 0.15) is 58.8 Å². The second-order valence-electron chi connectivity index (χ2n) is 5.15. The number of hydrogen-bond acceptors (Lipinski definition) is 2. The Morgan fingerprint density at radius 2 is 2.07 bits per heavy atom. The normalized spacial score (nSPS) is 34.8. The van der Waals surface area contributed by atoms with Crippen LogP contribution < -0.4 is 5.73 Å². The van der Waals surface area contributed by atoms with Gasteiger partial charge in [-0.25, -0.2) is 0 Å². The van der Waals surface area contributed by atoms with E-state index in [4.69, 9.17) is 5.73 Å². The molecule has 3 atom stereocenters. The minimum atomic E-state index is -0.465. The van der Waals surface area contributed by atoms with Crippen molar-refractivity contribution < 1.29 is 5.11 Å². The zero-order valence-corrected chi connectivity index (χ0v) is 10.3. The Hall–Kier alpha value is -0.0800. The topological polar surface area (TPSA) is 46.2 Å². The largest absolute Gasteiger partial charge is 0.390 e. The van der Waals surface area contributed by atoms with Gasteiger partial charge in [-0.2, -0.15) is 0 Å². The van der Waals surface area contributed by atoms with E-state index in [9.17, 15) is 5.11 Å². The third kappa shape index (κ3) is 3.18. The third-order valence-corrected chi connectivity index (χ3v) is 4.32. The van der Waals surface area contributed by atoms with Gasteiger partial charge in [0.05, 0.1) is 5.60 Å². The van der Waals surface area contributed by atoms with Gasteiger partial charge in [0.15, 0.2) is 0 Å². The van der Waals surface area contributed by atoms with Gasteiger partial charge < -0.3 is 10.8 Å². The van der Waals surface area contributed by atoms with Crippen molar-refractivity contribution in [1.82, 2.24) is 0 Å². The molecule has 0 aromatic carbocycles. The fourth-order valence-electron chi connectivity index (χ4n) is 3.00. The SMILES string of the molecule is CCC1CCCC(O)(C(CC)CN)CC1. The molecule has 90 valence electrons. The highest BCUT2D eigenvalue weighted by atomic mass is 16.3. The summed E-state index contributed by atoms with van der Waals surface area (Å²) >= 11 is 0. The van der Waals surface area contributed by atoms with E-state index >= 15 is 0 Å². The summed E-state index contributed by atoms with van der Waals surface area (Å²) < 4.78 is 0. The molecule has 3 N–H and O–H groups in total. The molecular weight excluding hydrogens is 186 g/mol. The standard InChI is InChI=1S/C13H27NO/c1-3-11-6-5-8-13(15,9-7-11)12(4-2)10-14/h11-12,15H,3-10,14H2,1-2H3. The lowest BCUT2D eigenvalue weighted by molar-refractivity contribution is -0.0310. The summed E-state index contributed by atoms with van der Waals surface area (Å²) in [6.45, 7) is 5.02. The van der Waals surface area contributed by atoms with E-state index in [1.54, 1.807) is 0 Å². The van der Waals surface area contributed by atoms with Gasteiger partial charge in [-0.1, -0.05) is 33.1 Å².